The lowest BCUT2D eigenvalue weighted by atomic mass is 9.88. The maximum atomic E-state index is 16.0. The first-order valence-corrected chi connectivity index (χ1v) is 43.1. The van der Waals surface area contributed by atoms with E-state index in [9.17, 15) is 0 Å². The molecule has 0 saturated carbocycles. The molecule has 0 aromatic heterocycles. The molecule has 0 bridgehead atoms. The van der Waals surface area contributed by atoms with Gasteiger partial charge in [0.15, 0.2) is 17.3 Å². The van der Waals surface area contributed by atoms with E-state index in [1.807, 2.05) is 413 Å². The van der Waals surface area contributed by atoms with Crippen molar-refractivity contribution in [3.63, 3.8) is 0 Å². The van der Waals surface area contributed by atoms with Crippen molar-refractivity contribution in [1.29, 1.82) is 0 Å². The van der Waals surface area contributed by atoms with Gasteiger partial charge in [0.2, 0.25) is 0 Å². The topological polar surface area (TPSA) is 69.7 Å². The van der Waals surface area contributed by atoms with Gasteiger partial charge in [0.1, 0.15) is 23.0 Å². The number of Topliss-reactive ketones (excluding diaryl/α,β-unsaturated/α-hetero) is 3. The first kappa shape index (κ1) is 80.4. The number of carbonyl (C=O) groups is 3. The van der Waals surface area contributed by atoms with Crippen LogP contribution in [0.1, 0.15) is 111 Å². The van der Waals surface area contributed by atoms with Gasteiger partial charge in [0.05, 0.1) is 0 Å². The molecule has 0 saturated heterocycles. The SMILES string of the molecule is O=C1C(c2ccc(C#Cc3ccccc3)cc2)=C(c2ccc(C#Cc3ccccc3)cc2)C(c2ccc(Oc3ccc(C4=C(c5ccc(C#Cc6ccccc6)cc5)C(=O)C(c5ccccc5)=C4c4ccc(Oc5ccc(C6=C(c7ccccc7)C(=O)C(c7ccc(C#Cc8ccccc8)cc7)=C6c6ccc(-c7ccccc7)cc6)cc5)cc4)cc3)cc2)=C1c1ccccc1. The van der Waals surface area contributed by atoms with Gasteiger partial charge in [-0.3, -0.25) is 14.4 Å². The van der Waals surface area contributed by atoms with E-state index in [1.165, 1.54) is 0 Å². The number of rotatable bonds is 17. The van der Waals surface area contributed by atoms with Crippen molar-refractivity contribution in [3.05, 3.63) is 572 Å². The standard InChI is InChI=1S/C125H76O5/c126-123-117(95-35-19-6-20-36-95)113(111(98-57-49-89(50-58-98)45-41-85-25-9-1-10-26-85)120(123)104-59-51-90(52-60-104)46-42-86-27-11-2-12-28-86)100-69-77-107(78-70-100)130-110-83-75-103(76-84-110)116-115(119(97-39-23-8-24-40-97)125(128)122(116)106-63-55-92(56-64-106)48-44-88-31-15-4-16-32-88)102-73-81-109(82-74-102)129-108-79-71-101(72-80-108)114-112(99-67-65-94(66-68-99)93-33-17-5-18-34-93)121(124(127)118(114)96-37-21-7-22-38-96)105-61-53-91(54-62-105)47-43-87-29-13-3-14-30-87/h1-40,49-84H. The summed E-state index contributed by atoms with van der Waals surface area (Å²) < 4.78 is 13.6. The normalized spacial score (nSPS) is 12.8. The zero-order valence-corrected chi connectivity index (χ0v) is 70.4. The van der Waals surface area contributed by atoms with E-state index in [2.05, 4.69) is 95.9 Å². The summed E-state index contributed by atoms with van der Waals surface area (Å²) in [6.45, 7) is 0. The second-order valence-corrected chi connectivity index (χ2v) is 31.6. The quantitative estimate of drug-likeness (QED) is 0.0850. The van der Waals surface area contributed by atoms with Crippen LogP contribution >= 0.6 is 0 Å². The second-order valence-electron chi connectivity index (χ2n) is 31.6. The summed E-state index contributed by atoms with van der Waals surface area (Å²) in [5.41, 5.74) is 27.0. The zero-order valence-electron chi connectivity index (χ0n) is 70.4. The van der Waals surface area contributed by atoms with Gasteiger partial charge in [0.25, 0.3) is 0 Å². The van der Waals surface area contributed by atoms with E-state index in [0.29, 0.717) is 56.4 Å². The maximum Gasteiger partial charge on any atom is 0.195 e. The number of ether oxygens (including phenoxy) is 2. The lowest BCUT2D eigenvalue weighted by Crippen LogP contribution is -2.02. The number of benzene rings is 17. The Morgan fingerprint density at radius 3 is 0.431 bits per heavy atom. The monoisotopic (exact) mass is 1660 g/mol. The first-order valence-electron chi connectivity index (χ1n) is 43.1. The fourth-order valence-electron chi connectivity index (χ4n) is 17.0. The Morgan fingerprint density at radius 2 is 0.238 bits per heavy atom. The van der Waals surface area contributed by atoms with Crippen LogP contribution in [0.25, 0.3) is 78.0 Å². The summed E-state index contributed by atoms with van der Waals surface area (Å²) in [5, 5.41) is 0. The summed E-state index contributed by atoms with van der Waals surface area (Å²) in [6, 6.07) is 152. The number of hydrogen-bond donors (Lipinski definition) is 0. The molecule has 0 radical (unpaired) electrons. The lowest BCUT2D eigenvalue weighted by molar-refractivity contribution is -0.109. The van der Waals surface area contributed by atoms with Crippen LogP contribution in [0.3, 0.4) is 0 Å². The van der Waals surface area contributed by atoms with Crippen LogP contribution in [0.5, 0.6) is 23.0 Å². The highest BCUT2D eigenvalue weighted by atomic mass is 16.5. The van der Waals surface area contributed by atoms with Gasteiger partial charge in [-0.1, -0.05) is 363 Å². The summed E-state index contributed by atoms with van der Waals surface area (Å²) in [6.07, 6.45) is 0. The molecular weight excluding hydrogens is 1580 g/mol. The van der Waals surface area contributed by atoms with Gasteiger partial charge in [-0.05, 0) is 223 Å². The van der Waals surface area contributed by atoms with Gasteiger partial charge in [0, 0.05) is 111 Å². The molecule has 5 nitrogen and oxygen atoms in total. The van der Waals surface area contributed by atoms with Gasteiger partial charge in [-0.15, -0.1) is 0 Å². The van der Waals surface area contributed by atoms with Crippen molar-refractivity contribution < 1.29 is 23.9 Å². The van der Waals surface area contributed by atoms with E-state index in [-0.39, 0.29) is 17.3 Å². The van der Waals surface area contributed by atoms with Crippen LogP contribution in [-0.4, -0.2) is 17.3 Å². The number of ketones is 3. The molecule has 0 fully saturated rings. The zero-order chi connectivity index (χ0) is 87.5. The third-order valence-electron chi connectivity index (χ3n) is 23.3. The van der Waals surface area contributed by atoms with Gasteiger partial charge < -0.3 is 9.47 Å². The third kappa shape index (κ3) is 17.2. The van der Waals surface area contributed by atoms with Crippen LogP contribution < -0.4 is 9.47 Å². The van der Waals surface area contributed by atoms with Crippen LogP contribution in [0.4, 0.5) is 0 Å². The minimum atomic E-state index is -0.127. The van der Waals surface area contributed by atoms with Crippen molar-refractivity contribution >= 4 is 84.2 Å². The van der Waals surface area contributed by atoms with Crippen molar-refractivity contribution in [2.75, 3.05) is 0 Å². The molecule has 0 aliphatic heterocycles. The summed E-state index contributed by atoms with van der Waals surface area (Å²) in [4.78, 5) is 47.3. The predicted molar refractivity (Wildman–Crippen MR) is 528 cm³/mol. The van der Waals surface area contributed by atoms with Crippen LogP contribution in [-0.2, 0) is 14.4 Å². The Labute approximate surface area is 756 Å². The van der Waals surface area contributed by atoms with Gasteiger partial charge >= 0.3 is 0 Å². The van der Waals surface area contributed by atoms with Gasteiger partial charge in [-0.2, -0.15) is 0 Å². The fraction of sp³-hybridized carbons (Fsp3) is 0. The Hall–Kier alpha value is -18.0. The summed E-state index contributed by atoms with van der Waals surface area (Å²) in [7, 11) is 0. The van der Waals surface area contributed by atoms with Crippen LogP contribution in [0, 0.1) is 47.4 Å². The van der Waals surface area contributed by atoms with Crippen molar-refractivity contribution in [1.82, 2.24) is 0 Å². The Balaban J connectivity index is 0.635. The number of allylic oxidation sites excluding steroid dienone is 12. The van der Waals surface area contributed by atoms with E-state index in [0.717, 1.165) is 156 Å². The molecule has 20 rings (SSSR count). The molecule has 130 heavy (non-hydrogen) atoms. The molecule has 17 aromatic carbocycles. The molecule has 3 aliphatic carbocycles. The molecule has 0 N–H and O–H groups in total. The molecule has 3 aliphatic rings. The maximum absolute atomic E-state index is 16.0. The fourth-order valence-corrected chi connectivity index (χ4v) is 17.0. The molecule has 0 amide bonds. The molecule has 17 aromatic rings. The lowest BCUT2D eigenvalue weighted by Gasteiger charge is -2.16. The van der Waals surface area contributed by atoms with E-state index in [1.54, 1.807) is 0 Å². The molecule has 606 valence electrons. The third-order valence-corrected chi connectivity index (χ3v) is 23.3. The Bertz CT molecular complexity index is 7680. The van der Waals surface area contributed by atoms with Gasteiger partial charge in [-0.25, -0.2) is 0 Å². The van der Waals surface area contributed by atoms with Crippen molar-refractivity contribution in [2.45, 2.75) is 0 Å². The van der Waals surface area contributed by atoms with E-state index >= 15 is 14.4 Å². The van der Waals surface area contributed by atoms with Crippen LogP contribution in [0.2, 0.25) is 0 Å². The molecule has 0 unspecified atom stereocenters. The molecule has 0 heterocycles. The van der Waals surface area contributed by atoms with Crippen LogP contribution in [0.15, 0.2) is 461 Å². The molecule has 0 spiro atoms. The average molecular weight is 1660 g/mol. The minimum Gasteiger partial charge on any atom is -0.457 e. The highest BCUT2D eigenvalue weighted by Gasteiger charge is 2.39. The Morgan fingerprint density at radius 1 is 0.115 bits per heavy atom. The number of carbonyl (C=O) groups excluding carboxylic acids is 3. The molecule has 0 atom stereocenters. The Kier molecular flexibility index (Phi) is 22.8. The largest absolute Gasteiger partial charge is 0.457 e. The smallest absolute Gasteiger partial charge is 0.195 e. The molecular formula is C125H76O5. The van der Waals surface area contributed by atoms with E-state index < -0.39 is 0 Å². The summed E-state index contributed by atoms with van der Waals surface area (Å²) in [5.74, 6) is 28.5. The van der Waals surface area contributed by atoms with Crippen molar-refractivity contribution in [2.24, 2.45) is 0 Å². The predicted octanol–water partition coefficient (Wildman–Crippen LogP) is 27.9. The van der Waals surface area contributed by atoms with E-state index in [4.69, 9.17) is 9.47 Å². The second kappa shape index (κ2) is 36.8. The highest BCUT2D eigenvalue weighted by molar-refractivity contribution is 6.61. The first-order chi connectivity index (χ1) is 64.2. The average Bonchev–Trinajstić information content (AvgIpc) is 1.59. The number of hydrogen-bond acceptors (Lipinski definition) is 5. The summed E-state index contributed by atoms with van der Waals surface area (Å²) >= 11 is 0. The minimum absolute atomic E-state index is 0.0761. The molecule has 5 heteroatoms. The van der Waals surface area contributed by atoms with Crippen molar-refractivity contribution in [3.8, 4) is 81.5 Å². The highest BCUT2D eigenvalue weighted by Crippen LogP contribution is 2.54.